The minimum atomic E-state index is -1.07. The molecule has 0 saturated carbocycles. The maximum absolute atomic E-state index is 10.1. The van der Waals surface area contributed by atoms with Gasteiger partial charge in [0.2, 0.25) is 0 Å². The zero-order valence-corrected chi connectivity index (χ0v) is 9.76. The van der Waals surface area contributed by atoms with Crippen molar-refractivity contribution in [3.8, 4) is 0 Å². The molecule has 0 unspecified atom stereocenters. The smallest absolute Gasteiger partial charge is 0.544 e. The van der Waals surface area contributed by atoms with E-state index in [0.29, 0.717) is 5.29 Å². The number of carbonyl (C=O) groups is 1. The van der Waals surface area contributed by atoms with Gasteiger partial charge < -0.3 is 9.90 Å². The average Bonchev–Trinajstić information content (AvgIpc) is 1.90. The molecule has 0 atom stereocenters. The van der Waals surface area contributed by atoms with Crippen molar-refractivity contribution in [2.45, 2.75) is 0 Å². The molecule has 0 fully saturated rings. The summed E-state index contributed by atoms with van der Waals surface area (Å²) in [6.07, 6.45) is 1.57. The fourth-order valence-electron chi connectivity index (χ4n) is 0.314. The number of rotatable bonds is 1. The normalized spacial score (nSPS) is 17.0. The van der Waals surface area contributed by atoms with Crippen molar-refractivity contribution >= 4 is 39.9 Å². The first-order chi connectivity index (χ1) is 4.30. The summed E-state index contributed by atoms with van der Waals surface area (Å²) in [5.74, 6) is -1.07. The summed E-state index contributed by atoms with van der Waals surface area (Å²) in [7, 11) is 3.77. The van der Waals surface area contributed by atoms with Crippen molar-refractivity contribution in [3.63, 3.8) is 0 Å². The third-order valence-corrected chi connectivity index (χ3v) is 4.46. The second-order valence-corrected chi connectivity index (χ2v) is 5.43. The van der Waals surface area contributed by atoms with E-state index in [2.05, 4.69) is 0 Å². The Kier molecular flexibility index (Phi) is 6.31. The average molecular weight is 200 g/mol. The summed E-state index contributed by atoms with van der Waals surface area (Å²) in [6, 6.07) is 0. The fourth-order valence-corrected chi connectivity index (χ4v) is 3.64. The molecule has 1 aliphatic rings. The number of aliphatic carboxylic acids is 1. The van der Waals surface area contributed by atoms with Gasteiger partial charge in [0.05, 0.1) is 5.97 Å². The van der Waals surface area contributed by atoms with E-state index >= 15 is 0 Å². The number of hydrogen-bond donors (Lipinski definition) is 0. The van der Waals surface area contributed by atoms with Crippen LogP contribution < -0.4 is 34.7 Å². The Labute approximate surface area is 90.1 Å². The van der Waals surface area contributed by atoms with Crippen LogP contribution in [0, 0.1) is 0 Å². The summed E-state index contributed by atoms with van der Waals surface area (Å²) in [4.78, 5) is 10.1. The van der Waals surface area contributed by atoms with Crippen LogP contribution in [0.1, 0.15) is 0 Å². The van der Waals surface area contributed by atoms with Gasteiger partial charge in [0.15, 0.2) is 0 Å². The van der Waals surface area contributed by atoms with Crippen LogP contribution in [0.4, 0.5) is 0 Å². The second-order valence-electron chi connectivity index (χ2n) is 1.24. The number of carboxylic acid groups (broad SMARTS) is 1. The number of carbonyl (C=O) groups excluding carboxylic acids is 1. The molecule has 0 aromatic heterocycles. The Morgan fingerprint density at radius 2 is 2.40 bits per heavy atom. The first-order valence-corrected chi connectivity index (χ1v) is 5.80. The van der Waals surface area contributed by atoms with Crippen molar-refractivity contribution in [3.05, 3.63) is 11.5 Å². The SMILES string of the molecule is O=C([O-])C1=PSSC=C1.[Na+]. The van der Waals surface area contributed by atoms with Gasteiger partial charge in [-0.1, -0.05) is 10.8 Å². The molecule has 0 spiro atoms. The summed E-state index contributed by atoms with van der Waals surface area (Å²) in [6.45, 7) is 0. The van der Waals surface area contributed by atoms with E-state index in [-0.39, 0.29) is 29.6 Å². The second kappa shape index (κ2) is 5.70. The van der Waals surface area contributed by atoms with Crippen LogP contribution in [0.5, 0.6) is 0 Å². The first-order valence-electron chi connectivity index (χ1n) is 2.09. The van der Waals surface area contributed by atoms with E-state index in [1.165, 1.54) is 21.2 Å². The topological polar surface area (TPSA) is 40.1 Å². The Morgan fingerprint density at radius 1 is 1.70 bits per heavy atom. The summed E-state index contributed by atoms with van der Waals surface area (Å²) >= 11 is 0. The largest absolute Gasteiger partial charge is 1.00 e. The predicted molar refractivity (Wildman–Crippen MR) is 41.3 cm³/mol. The van der Waals surface area contributed by atoms with Crippen LogP contribution in [-0.2, 0) is 4.79 Å². The van der Waals surface area contributed by atoms with Gasteiger partial charge in [-0.05, 0) is 29.3 Å². The third-order valence-electron chi connectivity index (χ3n) is 0.669. The monoisotopic (exact) mass is 200 g/mol. The zero-order valence-electron chi connectivity index (χ0n) is 5.23. The molecule has 0 radical (unpaired) electrons. The minimum absolute atomic E-state index is 0. The molecule has 6 heteroatoms. The Morgan fingerprint density at radius 3 is 2.70 bits per heavy atom. The van der Waals surface area contributed by atoms with Gasteiger partial charge in [-0.15, -0.1) is 0 Å². The summed E-state index contributed by atoms with van der Waals surface area (Å²) < 4.78 is 0. The molecule has 1 aliphatic heterocycles. The molecule has 0 bridgehead atoms. The molecular formula is C4H2NaO2PS2. The van der Waals surface area contributed by atoms with Crippen molar-refractivity contribution in [2.24, 2.45) is 0 Å². The molecule has 0 aromatic rings. The van der Waals surface area contributed by atoms with E-state index in [0.717, 1.165) is 7.41 Å². The van der Waals surface area contributed by atoms with Gasteiger partial charge in [-0.3, -0.25) is 0 Å². The Hall–Kier alpha value is 1.08. The minimum Gasteiger partial charge on any atom is -0.544 e. The van der Waals surface area contributed by atoms with Crippen molar-refractivity contribution < 1.29 is 39.5 Å². The maximum atomic E-state index is 10.1. The van der Waals surface area contributed by atoms with Crippen LogP contribution in [0.2, 0.25) is 0 Å². The Bertz CT molecular complexity index is 192. The number of hydrogen-bond acceptors (Lipinski definition) is 4. The molecule has 1 rings (SSSR count). The van der Waals surface area contributed by atoms with E-state index < -0.39 is 5.97 Å². The van der Waals surface area contributed by atoms with Crippen molar-refractivity contribution in [2.75, 3.05) is 0 Å². The molecule has 0 saturated heterocycles. The molecule has 2 nitrogen and oxygen atoms in total. The Balaban J connectivity index is 0.000000810. The van der Waals surface area contributed by atoms with Crippen molar-refractivity contribution in [1.82, 2.24) is 0 Å². The number of carboxylic acids is 1. The summed E-state index contributed by atoms with van der Waals surface area (Å²) in [5, 5.41) is 12.2. The van der Waals surface area contributed by atoms with Crippen molar-refractivity contribution in [1.29, 1.82) is 0 Å². The van der Waals surface area contributed by atoms with Gasteiger partial charge in [-0.25, -0.2) is 0 Å². The molecule has 0 amide bonds. The van der Waals surface area contributed by atoms with E-state index in [1.807, 2.05) is 0 Å². The van der Waals surface area contributed by atoms with Crippen LogP contribution in [0.15, 0.2) is 11.5 Å². The van der Waals surface area contributed by atoms with Gasteiger partial charge in [0.1, 0.15) is 0 Å². The van der Waals surface area contributed by atoms with Gasteiger partial charge in [0, 0.05) is 5.29 Å². The standard InChI is InChI=1S/C4H3O2PS2.Na/c5-4(6)3-1-2-8-9-7-3;/h1-2H,(H,5,6);/q;+1/p-1. The molecule has 0 aromatic carbocycles. The van der Waals surface area contributed by atoms with E-state index in [9.17, 15) is 9.90 Å². The quantitative estimate of drug-likeness (QED) is 0.271. The fraction of sp³-hybridized carbons (Fsp3) is 0. The third kappa shape index (κ3) is 3.46. The summed E-state index contributed by atoms with van der Waals surface area (Å²) in [5.41, 5.74) is 0. The van der Waals surface area contributed by atoms with E-state index in [1.54, 1.807) is 11.5 Å². The van der Waals surface area contributed by atoms with Gasteiger partial charge in [-0.2, -0.15) is 0 Å². The molecule has 48 valence electrons. The molecule has 10 heavy (non-hydrogen) atoms. The van der Waals surface area contributed by atoms with Crippen LogP contribution in [0.25, 0.3) is 0 Å². The molecule has 0 N–H and O–H groups in total. The van der Waals surface area contributed by atoms with Crippen LogP contribution >= 0.6 is 28.6 Å². The first kappa shape index (κ1) is 11.1. The molecular weight excluding hydrogens is 198 g/mol. The molecule has 0 aliphatic carbocycles. The zero-order chi connectivity index (χ0) is 6.69. The maximum Gasteiger partial charge on any atom is 1.00 e. The van der Waals surface area contributed by atoms with Gasteiger partial charge in [0.25, 0.3) is 0 Å². The van der Waals surface area contributed by atoms with Gasteiger partial charge >= 0.3 is 29.6 Å². The van der Waals surface area contributed by atoms with Crippen LogP contribution in [-0.4, -0.2) is 11.3 Å². The molecule has 1 heterocycles. The van der Waals surface area contributed by atoms with Crippen LogP contribution in [0.3, 0.4) is 0 Å². The van der Waals surface area contributed by atoms with E-state index in [4.69, 9.17) is 0 Å². The predicted octanol–water partition coefficient (Wildman–Crippen LogP) is -2.32.